The van der Waals surface area contributed by atoms with Crippen LogP contribution in [0.1, 0.15) is 12.8 Å². The van der Waals surface area contributed by atoms with Gasteiger partial charge in [-0.3, -0.25) is 4.79 Å². The number of likely N-dealkylation sites (tertiary alicyclic amines) is 1. The number of morpholine rings is 1. The minimum absolute atomic E-state index is 0.0283. The number of carbonyl (C=O) groups is 2. The smallest absolute Gasteiger partial charge is 0.320 e. The molecular weight excluding hydrogens is 222 g/mol. The lowest BCUT2D eigenvalue weighted by atomic mass is 10.2. The largest absolute Gasteiger partial charge is 0.378 e. The average Bonchev–Trinajstić information content (AvgIpc) is 2.87. The number of likely N-dealkylation sites (N-methyl/N-ethyl adjacent to an activating group) is 1. The molecule has 1 unspecified atom stereocenters. The van der Waals surface area contributed by atoms with E-state index in [-0.39, 0.29) is 18.0 Å². The molecule has 1 N–H and O–H groups in total. The highest BCUT2D eigenvalue weighted by atomic mass is 16.5. The van der Waals surface area contributed by atoms with E-state index in [1.54, 1.807) is 16.8 Å². The predicted molar refractivity (Wildman–Crippen MR) is 61.6 cm³/mol. The van der Waals surface area contributed by atoms with Gasteiger partial charge >= 0.3 is 6.03 Å². The molecule has 96 valence electrons. The molecule has 2 saturated heterocycles. The lowest BCUT2D eigenvalue weighted by Crippen LogP contribution is -2.52. The monoisotopic (exact) mass is 241 g/mol. The molecule has 0 saturated carbocycles. The van der Waals surface area contributed by atoms with E-state index >= 15 is 0 Å². The van der Waals surface area contributed by atoms with Crippen molar-refractivity contribution in [2.24, 2.45) is 0 Å². The van der Waals surface area contributed by atoms with Gasteiger partial charge in [-0.1, -0.05) is 0 Å². The molecule has 3 amide bonds. The fraction of sp³-hybridized carbons (Fsp3) is 0.818. The standard InChI is InChI=1S/C11H19N3O3/c1-12-10(15)9-3-2-4-14(9)11(16)13-5-7-17-8-6-13/h9H,2-8H2,1H3,(H,12,15). The fourth-order valence-corrected chi connectivity index (χ4v) is 2.37. The van der Waals surface area contributed by atoms with E-state index in [9.17, 15) is 9.59 Å². The Hall–Kier alpha value is -1.30. The van der Waals surface area contributed by atoms with Crippen molar-refractivity contribution >= 4 is 11.9 Å². The summed E-state index contributed by atoms with van der Waals surface area (Å²) in [7, 11) is 1.61. The zero-order chi connectivity index (χ0) is 12.3. The zero-order valence-corrected chi connectivity index (χ0v) is 10.1. The maximum Gasteiger partial charge on any atom is 0.320 e. The Morgan fingerprint density at radius 1 is 1.24 bits per heavy atom. The van der Waals surface area contributed by atoms with Crippen molar-refractivity contribution in [3.05, 3.63) is 0 Å². The predicted octanol–water partition coefficient (Wildman–Crippen LogP) is -0.351. The molecule has 17 heavy (non-hydrogen) atoms. The van der Waals surface area contributed by atoms with Crippen molar-refractivity contribution in [3.63, 3.8) is 0 Å². The highest BCUT2D eigenvalue weighted by molar-refractivity contribution is 5.87. The van der Waals surface area contributed by atoms with Gasteiger partial charge in [0.2, 0.25) is 5.91 Å². The van der Waals surface area contributed by atoms with Crippen LogP contribution in [0.4, 0.5) is 4.79 Å². The summed E-state index contributed by atoms with van der Waals surface area (Å²) in [5, 5.41) is 2.62. The third kappa shape index (κ3) is 2.52. The topological polar surface area (TPSA) is 61.9 Å². The van der Waals surface area contributed by atoms with Gasteiger partial charge in [0.05, 0.1) is 13.2 Å². The number of hydrogen-bond donors (Lipinski definition) is 1. The lowest BCUT2D eigenvalue weighted by Gasteiger charge is -2.33. The summed E-state index contributed by atoms with van der Waals surface area (Å²) >= 11 is 0. The summed E-state index contributed by atoms with van der Waals surface area (Å²) in [5.41, 5.74) is 0. The van der Waals surface area contributed by atoms with Gasteiger partial charge in [-0.2, -0.15) is 0 Å². The molecule has 6 heteroatoms. The van der Waals surface area contributed by atoms with Crippen molar-refractivity contribution in [2.75, 3.05) is 39.9 Å². The first kappa shape index (κ1) is 12.2. The van der Waals surface area contributed by atoms with Crippen LogP contribution in [0.5, 0.6) is 0 Å². The van der Waals surface area contributed by atoms with Gasteiger partial charge in [0.25, 0.3) is 0 Å². The Balaban J connectivity index is 1.99. The van der Waals surface area contributed by atoms with Gasteiger partial charge in [-0.15, -0.1) is 0 Å². The molecule has 0 aromatic rings. The molecule has 2 aliphatic rings. The van der Waals surface area contributed by atoms with Gasteiger partial charge in [0, 0.05) is 26.7 Å². The fourth-order valence-electron chi connectivity index (χ4n) is 2.37. The first-order valence-electron chi connectivity index (χ1n) is 6.09. The molecule has 0 radical (unpaired) electrons. The number of carbonyl (C=O) groups excluding carboxylic acids is 2. The Morgan fingerprint density at radius 3 is 2.59 bits per heavy atom. The van der Waals surface area contributed by atoms with Gasteiger partial charge < -0.3 is 19.9 Å². The van der Waals surface area contributed by atoms with Crippen molar-refractivity contribution in [2.45, 2.75) is 18.9 Å². The SMILES string of the molecule is CNC(=O)C1CCCN1C(=O)N1CCOCC1. The molecule has 0 spiro atoms. The molecule has 2 heterocycles. The Morgan fingerprint density at radius 2 is 1.94 bits per heavy atom. The van der Waals surface area contributed by atoms with E-state index in [2.05, 4.69) is 5.32 Å². The van der Waals surface area contributed by atoms with E-state index in [1.165, 1.54) is 0 Å². The summed E-state index contributed by atoms with van der Waals surface area (Å²) in [5.74, 6) is -0.0656. The van der Waals surface area contributed by atoms with Gasteiger partial charge in [-0.05, 0) is 12.8 Å². The third-order valence-corrected chi connectivity index (χ3v) is 3.33. The number of amides is 3. The maximum atomic E-state index is 12.2. The highest BCUT2D eigenvalue weighted by Crippen LogP contribution is 2.19. The summed E-state index contributed by atoms with van der Waals surface area (Å²) in [6.07, 6.45) is 1.66. The van der Waals surface area contributed by atoms with E-state index < -0.39 is 0 Å². The van der Waals surface area contributed by atoms with Crippen LogP contribution in [0.3, 0.4) is 0 Å². The summed E-state index contributed by atoms with van der Waals surface area (Å²) < 4.78 is 5.22. The van der Waals surface area contributed by atoms with Crippen LogP contribution in [-0.2, 0) is 9.53 Å². The van der Waals surface area contributed by atoms with Gasteiger partial charge in [0.15, 0.2) is 0 Å². The number of nitrogens with zero attached hydrogens (tertiary/aromatic N) is 2. The van der Waals surface area contributed by atoms with Crippen LogP contribution < -0.4 is 5.32 Å². The van der Waals surface area contributed by atoms with Crippen molar-refractivity contribution in [1.29, 1.82) is 0 Å². The first-order chi connectivity index (χ1) is 8.24. The number of rotatable bonds is 1. The molecule has 0 bridgehead atoms. The molecule has 2 rings (SSSR count). The van der Waals surface area contributed by atoms with Crippen LogP contribution >= 0.6 is 0 Å². The Bertz CT molecular complexity index is 302. The normalized spacial score (nSPS) is 24.9. The molecule has 2 aliphatic heterocycles. The van der Waals surface area contributed by atoms with Crippen LogP contribution in [0.15, 0.2) is 0 Å². The Kier molecular flexibility index (Phi) is 3.83. The number of hydrogen-bond acceptors (Lipinski definition) is 3. The molecule has 6 nitrogen and oxygen atoms in total. The summed E-state index contributed by atoms with van der Waals surface area (Å²) in [4.78, 5) is 27.4. The molecule has 2 fully saturated rings. The third-order valence-electron chi connectivity index (χ3n) is 3.33. The highest BCUT2D eigenvalue weighted by Gasteiger charge is 2.36. The second kappa shape index (κ2) is 5.35. The first-order valence-corrected chi connectivity index (χ1v) is 6.09. The Labute approximate surface area is 101 Å². The molecule has 0 aliphatic carbocycles. The maximum absolute atomic E-state index is 12.2. The van der Waals surface area contributed by atoms with E-state index in [4.69, 9.17) is 4.74 Å². The number of nitrogens with one attached hydrogen (secondary N) is 1. The minimum atomic E-state index is -0.296. The quantitative estimate of drug-likeness (QED) is 0.682. The van der Waals surface area contributed by atoms with E-state index in [1.807, 2.05) is 0 Å². The molecule has 1 atom stereocenters. The second-order valence-corrected chi connectivity index (χ2v) is 4.35. The van der Waals surface area contributed by atoms with Crippen LogP contribution in [-0.4, -0.2) is 67.7 Å². The number of ether oxygens (including phenoxy) is 1. The average molecular weight is 241 g/mol. The van der Waals surface area contributed by atoms with Crippen molar-refractivity contribution in [3.8, 4) is 0 Å². The minimum Gasteiger partial charge on any atom is -0.378 e. The summed E-state index contributed by atoms with van der Waals surface area (Å²) in [6.45, 7) is 3.09. The van der Waals surface area contributed by atoms with Crippen LogP contribution in [0.25, 0.3) is 0 Å². The number of urea groups is 1. The summed E-state index contributed by atoms with van der Waals surface area (Å²) in [6, 6.07) is -0.324. The van der Waals surface area contributed by atoms with E-state index in [0.29, 0.717) is 32.8 Å². The molecular formula is C11H19N3O3. The molecule has 0 aromatic heterocycles. The van der Waals surface area contributed by atoms with Gasteiger partial charge in [-0.25, -0.2) is 4.79 Å². The molecule has 0 aromatic carbocycles. The second-order valence-electron chi connectivity index (χ2n) is 4.35. The van der Waals surface area contributed by atoms with E-state index in [0.717, 1.165) is 12.8 Å². The lowest BCUT2D eigenvalue weighted by molar-refractivity contribution is -0.124. The van der Waals surface area contributed by atoms with Crippen LogP contribution in [0.2, 0.25) is 0 Å². The van der Waals surface area contributed by atoms with Crippen molar-refractivity contribution < 1.29 is 14.3 Å². The van der Waals surface area contributed by atoms with Crippen molar-refractivity contribution in [1.82, 2.24) is 15.1 Å². The van der Waals surface area contributed by atoms with Gasteiger partial charge in [0.1, 0.15) is 6.04 Å². The van der Waals surface area contributed by atoms with Crippen LogP contribution in [0, 0.1) is 0 Å². The zero-order valence-electron chi connectivity index (χ0n) is 10.1.